The Bertz CT molecular complexity index is 424. The third-order valence-corrected chi connectivity index (χ3v) is 1.87. The van der Waals surface area contributed by atoms with Crippen LogP contribution in [0, 0.1) is 29.4 Å². The number of aromatic nitrogens is 1. The molecule has 5 heteroatoms. The molecule has 0 saturated carbocycles. The molecule has 0 unspecified atom stereocenters. The highest BCUT2D eigenvalue weighted by Gasteiger charge is 2.17. The van der Waals surface area contributed by atoms with Crippen molar-refractivity contribution < 1.29 is 9.66 Å². The van der Waals surface area contributed by atoms with E-state index >= 15 is 0 Å². The van der Waals surface area contributed by atoms with Gasteiger partial charge in [-0.1, -0.05) is 0 Å². The lowest BCUT2D eigenvalue weighted by Gasteiger charge is -2.04. The summed E-state index contributed by atoms with van der Waals surface area (Å²) in [4.78, 5) is 13.9. The van der Waals surface area contributed by atoms with E-state index in [1.807, 2.05) is 0 Å². The van der Waals surface area contributed by atoms with Crippen molar-refractivity contribution in [2.24, 2.45) is 0 Å². The molecule has 0 aliphatic carbocycles. The molecule has 0 bridgehead atoms. The normalized spacial score (nSPS) is 9.50. The van der Waals surface area contributed by atoms with Gasteiger partial charge < -0.3 is 14.9 Å². The molecule has 0 fully saturated rings. The summed E-state index contributed by atoms with van der Waals surface area (Å²) in [7, 11) is 0. The first-order chi connectivity index (χ1) is 7.65. The second-order valence-electron chi connectivity index (χ2n) is 3.19. The van der Waals surface area contributed by atoms with Crippen LogP contribution in [0.1, 0.15) is 18.5 Å². The van der Waals surface area contributed by atoms with Crippen molar-refractivity contribution in [2.75, 3.05) is 6.61 Å². The first kappa shape index (κ1) is 12.0. The summed E-state index contributed by atoms with van der Waals surface area (Å²) in [5.41, 5.74) is 0.586. The second-order valence-corrected chi connectivity index (χ2v) is 3.19. The lowest BCUT2D eigenvalue weighted by molar-refractivity contribution is -0.390. The monoisotopic (exact) mass is 220 g/mol. The molecule has 0 aliphatic rings. The predicted molar refractivity (Wildman–Crippen MR) is 59.2 cm³/mol. The smallest absolute Gasteiger partial charge is 0.406 e. The van der Waals surface area contributed by atoms with Crippen LogP contribution in [0.2, 0.25) is 0 Å². The van der Waals surface area contributed by atoms with E-state index in [2.05, 4.69) is 10.9 Å². The zero-order valence-corrected chi connectivity index (χ0v) is 8.97. The number of pyridine rings is 1. The van der Waals surface area contributed by atoms with Crippen molar-refractivity contribution in [2.45, 2.75) is 19.8 Å². The Balaban J connectivity index is 2.72. The summed E-state index contributed by atoms with van der Waals surface area (Å²) >= 11 is 0. The minimum absolute atomic E-state index is 0.188. The van der Waals surface area contributed by atoms with Crippen LogP contribution in [-0.4, -0.2) is 16.5 Å². The van der Waals surface area contributed by atoms with Crippen molar-refractivity contribution in [3.63, 3.8) is 0 Å². The predicted octanol–water partition coefficient (Wildman–Crippen LogP) is 2.09. The fourth-order valence-corrected chi connectivity index (χ4v) is 1.13. The topological polar surface area (TPSA) is 65.3 Å². The first-order valence-electron chi connectivity index (χ1n) is 4.83. The van der Waals surface area contributed by atoms with Crippen molar-refractivity contribution in [1.29, 1.82) is 0 Å². The van der Waals surface area contributed by atoms with Crippen LogP contribution in [0.3, 0.4) is 0 Å². The average Bonchev–Trinajstić information content (AvgIpc) is 2.26. The summed E-state index contributed by atoms with van der Waals surface area (Å²) in [6, 6.07) is 3.22. The van der Waals surface area contributed by atoms with Crippen molar-refractivity contribution in [3.05, 3.63) is 27.9 Å². The Morgan fingerprint density at radius 1 is 1.62 bits per heavy atom. The first-order valence-corrected chi connectivity index (χ1v) is 4.83. The molecule has 1 heterocycles. The van der Waals surface area contributed by atoms with E-state index in [9.17, 15) is 10.1 Å². The van der Waals surface area contributed by atoms with Gasteiger partial charge in [-0.05, 0) is 28.5 Å². The molecule has 0 saturated heterocycles. The van der Waals surface area contributed by atoms with Gasteiger partial charge in [0.1, 0.15) is 5.69 Å². The number of hydrogen-bond donors (Lipinski definition) is 0. The Hall–Kier alpha value is -2.09. The Morgan fingerprint density at radius 3 is 3.00 bits per heavy atom. The zero-order chi connectivity index (χ0) is 12.0. The number of rotatable bonds is 5. The number of terminal acetylenes is 1. The highest BCUT2D eigenvalue weighted by molar-refractivity contribution is 5.40. The largest absolute Gasteiger partial charge is 0.486 e. The third-order valence-electron chi connectivity index (χ3n) is 1.87. The second kappa shape index (κ2) is 5.71. The lowest BCUT2D eigenvalue weighted by Crippen LogP contribution is -2.02. The maximum atomic E-state index is 10.7. The van der Waals surface area contributed by atoms with Gasteiger partial charge in [0.25, 0.3) is 0 Å². The van der Waals surface area contributed by atoms with Crippen LogP contribution in [0.25, 0.3) is 0 Å². The van der Waals surface area contributed by atoms with Crippen LogP contribution in [0.5, 0.6) is 5.75 Å². The molecule has 0 N–H and O–H groups in total. The minimum atomic E-state index is -0.552. The van der Waals surface area contributed by atoms with Gasteiger partial charge in [0.05, 0.1) is 6.61 Å². The SMILES string of the molecule is C#CCCCOc1ccc(C)nc1[N+](=O)[O-]. The lowest BCUT2D eigenvalue weighted by atomic mass is 10.3. The molecule has 0 radical (unpaired) electrons. The number of unbranched alkanes of at least 4 members (excludes halogenated alkanes) is 1. The molecular formula is C11H12N2O3. The van der Waals surface area contributed by atoms with Crippen LogP contribution < -0.4 is 4.74 Å². The molecule has 0 aliphatic heterocycles. The Kier molecular flexibility index (Phi) is 4.28. The highest BCUT2D eigenvalue weighted by Crippen LogP contribution is 2.24. The van der Waals surface area contributed by atoms with Gasteiger partial charge in [-0.2, -0.15) is 0 Å². The zero-order valence-electron chi connectivity index (χ0n) is 8.97. The van der Waals surface area contributed by atoms with Crippen molar-refractivity contribution in [1.82, 2.24) is 4.98 Å². The molecule has 1 aromatic heterocycles. The number of hydrogen-bond acceptors (Lipinski definition) is 4. The van der Waals surface area contributed by atoms with E-state index in [0.29, 0.717) is 25.1 Å². The third kappa shape index (κ3) is 3.24. The Labute approximate surface area is 93.6 Å². The van der Waals surface area contributed by atoms with Gasteiger partial charge in [-0.3, -0.25) is 0 Å². The van der Waals surface area contributed by atoms with Crippen LogP contribution in [0.15, 0.2) is 12.1 Å². The number of nitro groups is 1. The molecule has 5 nitrogen and oxygen atoms in total. The van der Waals surface area contributed by atoms with Crippen LogP contribution in [-0.2, 0) is 0 Å². The van der Waals surface area contributed by atoms with Gasteiger partial charge in [0.15, 0.2) is 0 Å². The van der Waals surface area contributed by atoms with E-state index in [1.165, 1.54) is 0 Å². The number of ether oxygens (including phenoxy) is 1. The molecule has 1 rings (SSSR count). The summed E-state index contributed by atoms with van der Waals surface area (Å²) < 4.78 is 5.26. The minimum Gasteiger partial charge on any atom is -0.486 e. The molecule has 16 heavy (non-hydrogen) atoms. The van der Waals surface area contributed by atoms with Gasteiger partial charge in [0, 0.05) is 13.3 Å². The highest BCUT2D eigenvalue weighted by atomic mass is 16.6. The Morgan fingerprint density at radius 2 is 2.38 bits per heavy atom. The summed E-state index contributed by atoms with van der Waals surface area (Å²) in [6.07, 6.45) is 6.34. The molecule has 84 valence electrons. The molecule has 0 spiro atoms. The van der Waals surface area contributed by atoms with Crippen molar-refractivity contribution in [3.8, 4) is 18.1 Å². The number of aryl methyl sites for hydroxylation is 1. The fourth-order valence-electron chi connectivity index (χ4n) is 1.13. The molecule has 1 aromatic rings. The van der Waals surface area contributed by atoms with Crippen molar-refractivity contribution >= 4 is 5.82 Å². The average molecular weight is 220 g/mol. The van der Waals surface area contributed by atoms with Gasteiger partial charge in [0.2, 0.25) is 5.75 Å². The molecular weight excluding hydrogens is 208 g/mol. The molecule has 0 atom stereocenters. The standard InChI is InChI=1S/C11H12N2O3/c1-3-4-5-8-16-10-7-6-9(2)12-11(10)13(14)15/h1,6-7H,4-5,8H2,2H3. The van der Waals surface area contributed by atoms with Crippen LogP contribution in [0.4, 0.5) is 5.82 Å². The summed E-state index contributed by atoms with van der Waals surface area (Å²) in [6.45, 7) is 2.05. The van der Waals surface area contributed by atoms with E-state index in [0.717, 1.165) is 0 Å². The van der Waals surface area contributed by atoms with Crippen LogP contribution >= 0.6 is 0 Å². The summed E-state index contributed by atoms with van der Waals surface area (Å²) in [5.74, 6) is 2.41. The molecule has 0 amide bonds. The quantitative estimate of drug-likeness (QED) is 0.330. The maximum Gasteiger partial charge on any atom is 0.406 e. The molecule has 0 aromatic carbocycles. The maximum absolute atomic E-state index is 10.7. The van der Waals surface area contributed by atoms with Gasteiger partial charge in [-0.25, -0.2) is 0 Å². The van der Waals surface area contributed by atoms with Gasteiger partial charge in [-0.15, -0.1) is 12.3 Å². The fraction of sp³-hybridized carbons (Fsp3) is 0.364. The van der Waals surface area contributed by atoms with Gasteiger partial charge >= 0.3 is 5.82 Å². The van der Waals surface area contributed by atoms with E-state index in [4.69, 9.17) is 11.2 Å². The van der Waals surface area contributed by atoms with E-state index in [1.54, 1.807) is 19.1 Å². The number of nitrogens with zero attached hydrogens (tertiary/aromatic N) is 2. The van der Waals surface area contributed by atoms with E-state index in [-0.39, 0.29) is 11.6 Å². The van der Waals surface area contributed by atoms with E-state index < -0.39 is 4.92 Å². The summed E-state index contributed by atoms with van der Waals surface area (Å²) in [5, 5.41) is 10.7.